The van der Waals surface area contributed by atoms with Crippen molar-refractivity contribution in [3.63, 3.8) is 0 Å². The summed E-state index contributed by atoms with van der Waals surface area (Å²) in [5.74, 6) is -0.0725. The highest BCUT2D eigenvalue weighted by atomic mass is 127. The van der Waals surface area contributed by atoms with E-state index in [4.69, 9.17) is 29.6 Å². The Balaban J connectivity index is 2.94. The number of thiocarbonyl (C=S) groups is 1. The fraction of sp³-hybridized carbons (Fsp3) is 0.333. The van der Waals surface area contributed by atoms with E-state index in [-0.39, 0.29) is 22.9 Å². The lowest BCUT2D eigenvalue weighted by atomic mass is 10.0. The number of rotatable bonds is 4. The van der Waals surface area contributed by atoms with Gasteiger partial charge in [-0.3, -0.25) is 4.79 Å². The van der Waals surface area contributed by atoms with Gasteiger partial charge < -0.3 is 11.1 Å². The third-order valence-corrected chi connectivity index (χ3v) is 3.86. The molecule has 1 atom stereocenters. The average molecular weight is 397 g/mol. The maximum atomic E-state index is 12.1. The van der Waals surface area contributed by atoms with E-state index < -0.39 is 0 Å². The van der Waals surface area contributed by atoms with Gasteiger partial charge in [0.1, 0.15) is 0 Å². The van der Waals surface area contributed by atoms with Gasteiger partial charge in [-0.15, -0.1) is 0 Å². The van der Waals surface area contributed by atoms with Crippen LogP contribution in [0.2, 0.25) is 5.02 Å². The number of benzene rings is 1. The third kappa shape index (κ3) is 4.07. The van der Waals surface area contributed by atoms with Gasteiger partial charge in [0.25, 0.3) is 5.91 Å². The topological polar surface area (TPSA) is 55.1 Å². The van der Waals surface area contributed by atoms with Crippen LogP contribution >= 0.6 is 46.4 Å². The molecule has 3 N–H and O–H groups in total. The maximum Gasteiger partial charge on any atom is 0.252 e. The van der Waals surface area contributed by atoms with Crippen molar-refractivity contribution in [2.24, 2.45) is 11.7 Å². The molecule has 0 fully saturated rings. The fourth-order valence-electron chi connectivity index (χ4n) is 1.46. The molecule has 0 aromatic heterocycles. The van der Waals surface area contributed by atoms with Gasteiger partial charge in [-0.2, -0.15) is 0 Å². The Morgan fingerprint density at radius 3 is 2.61 bits per heavy atom. The molecule has 98 valence electrons. The summed E-state index contributed by atoms with van der Waals surface area (Å²) in [6, 6.07) is 4.86. The molecule has 1 aromatic carbocycles. The highest BCUT2D eigenvalue weighted by Crippen LogP contribution is 2.18. The molecule has 0 radical (unpaired) electrons. The van der Waals surface area contributed by atoms with Crippen LogP contribution in [0, 0.1) is 9.49 Å². The Bertz CT molecular complexity index is 479. The van der Waals surface area contributed by atoms with Crippen molar-refractivity contribution in [3.05, 3.63) is 32.4 Å². The quantitative estimate of drug-likeness (QED) is 0.608. The Labute approximate surface area is 131 Å². The summed E-state index contributed by atoms with van der Waals surface area (Å²) in [4.78, 5) is 12.4. The van der Waals surface area contributed by atoms with E-state index in [9.17, 15) is 4.79 Å². The van der Waals surface area contributed by atoms with Crippen LogP contribution in [0.1, 0.15) is 24.2 Å². The lowest BCUT2D eigenvalue weighted by Crippen LogP contribution is -2.47. The Morgan fingerprint density at radius 2 is 2.11 bits per heavy atom. The van der Waals surface area contributed by atoms with Crippen molar-refractivity contribution < 1.29 is 4.79 Å². The van der Waals surface area contributed by atoms with Crippen LogP contribution in [-0.4, -0.2) is 16.9 Å². The van der Waals surface area contributed by atoms with Gasteiger partial charge in [-0.1, -0.05) is 37.7 Å². The summed E-state index contributed by atoms with van der Waals surface area (Å²) in [5, 5.41) is 3.36. The third-order valence-electron chi connectivity index (χ3n) is 2.43. The zero-order valence-electron chi connectivity index (χ0n) is 10.0. The molecule has 1 rings (SSSR count). The van der Waals surface area contributed by atoms with Crippen LogP contribution in [0.3, 0.4) is 0 Å². The monoisotopic (exact) mass is 396 g/mol. The molecule has 0 aliphatic heterocycles. The lowest BCUT2D eigenvalue weighted by Gasteiger charge is -2.21. The number of hydrogen-bond donors (Lipinski definition) is 2. The summed E-state index contributed by atoms with van der Waals surface area (Å²) in [7, 11) is 0. The molecule has 6 heteroatoms. The Hall–Kier alpha value is -0.400. The van der Waals surface area contributed by atoms with E-state index in [1.807, 2.05) is 13.8 Å². The number of nitrogens with two attached hydrogens (primary N) is 1. The smallest absolute Gasteiger partial charge is 0.252 e. The molecule has 0 bridgehead atoms. The van der Waals surface area contributed by atoms with E-state index in [0.717, 1.165) is 3.57 Å². The Morgan fingerprint density at radius 1 is 1.50 bits per heavy atom. The number of hydrogen-bond acceptors (Lipinski definition) is 2. The molecule has 0 aliphatic carbocycles. The minimum atomic E-state index is -0.317. The van der Waals surface area contributed by atoms with Crippen LogP contribution in [0.5, 0.6) is 0 Å². The van der Waals surface area contributed by atoms with Crippen molar-refractivity contribution in [2.75, 3.05) is 0 Å². The van der Waals surface area contributed by atoms with Crippen molar-refractivity contribution in [3.8, 4) is 0 Å². The summed E-state index contributed by atoms with van der Waals surface area (Å²) < 4.78 is 0.833. The molecule has 0 saturated carbocycles. The first-order valence-corrected chi connectivity index (χ1v) is 7.24. The second-order valence-corrected chi connectivity index (χ2v) is 6.29. The highest BCUT2D eigenvalue weighted by Gasteiger charge is 2.20. The number of carbonyl (C=O) groups excluding carboxylic acids is 1. The van der Waals surface area contributed by atoms with Crippen molar-refractivity contribution in [1.29, 1.82) is 0 Å². The van der Waals surface area contributed by atoms with Crippen LogP contribution in [0.25, 0.3) is 0 Å². The predicted octanol–water partition coefficient (Wildman–Crippen LogP) is 2.99. The van der Waals surface area contributed by atoms with Gasteiger partial charge >= 0.3 is 0 Å². The maximum absolute atomic E-state index is 12.1. The molecule has 1 amide bonds. The second kappa shape index (κ2) is 6.68. The first-order valence-electron chi connectivity index (χ1n) is 5.38. The van der Waals surface area contributed by atoms with E-state index in [1.54, 1.807) is 18.2 Å². The molecule has 0 saturated heterocycles. The van der Waals surface area contributed by atoms with E-state index in [2.05, 4.69) is 27.9 Å². The fourth-order valence-corrected chi connectivity index (χ4v) is 2.54. The van der Waals surface area contributed by atoms with E-state index in [1.165, 1.54) is 0 Å². The number of halogens is 2. The lowest BCUT2D eigenvalue weighted by molar-refractivity contribution is 0.0939. The summed E-state index contributed by atoms with van der Waals surface area (Å²) in [6.45, 7) is 3.90. The molecule has 0 aliphatic rings. The van der Waals surface area contributed by atoms with Crippen LogP contribution < -0.4 is 11.1 Å². The predicted molar refractivity (Wildman–Crippen MR) is 87.0 cm³/mol. The van der Waals surface area contributed by atoms with Crippen molar-refractivity contribution in [2.45, 2.75) is 19.9 Å². The van der Waals surface area contributed by atoms with Gasteiger partial charge in [-0.05, 0) is 46.7 Å². The van der Waals surface area contributed by atoms with E-state index in [0.29, 0.717) is 10.6 Å². The molecular weight excluding hydrogens is 383 g/mol. The molecule has 0 spiro atoms. The summed E-state index contributed by atoms with van der Waals surface area (Å²) in [5.41, 5.74) is 6.15. The first-order chi connectivity index (χ1) is 8.32. The van der Waals surface area contributed by atoms with Crippen LogP contribution in [-0.2, 0) is 0 Å². The zero-order valence-corrected chi connectivity index (χ0v) is 13.8. The van der Waals surface area contributed by atoms with Gasteiger partial charge in [0, 0.05) is 8.59 Å². The van der Waals surface area contributed by atoms with Crippen molar-refractivity contribution >= 4 is 57.3 Å². The molecule has 3 nitrogen and oxygen atoms in total. The van der Waals surface area contributed by atoms with Crippen LogP contribution in [0.4, 0.5) is 0 Å². The highest BCUT2D eigenvalue weighted by molar-refractivity contribution is 14.1. The number of amides is 1. The number of nitrogens with one attached hydrogen (secondary N) is 1. The standard InChI is InChI=1S/C12H14ClIN2OS/c1-6(2)10(11(15)18)16-12(17)8-5-7(13)3-4-9(8)14/h3-6,10H,1-2H3,(H2,15,18)(H,16,17). The zero-order chi connectivity index (χ0) is 13.9. The van der Waals surface area contributed by atoms with Gasteiger partial charge in [0.15, 0.2) is 0 Å². The minimum Gasteiger partial charge on any atom is -0.392 e. The number of carbonyl (C=O) groups is 1. The van der Waals surface area contributed by atoms with Gasteiger partial charge in [0.05, 0.1) is 16.6 Å². The van der Waals surface area contributed by atoms with Gasteiger partial charge in [-0.25, -0.2) is 0 Å². The summed E-state index contributed by atoms with van der Waals surface area (Å²) in [6.07, 6.45) is 0. The average Bonchev–Trinajstić information content (AvgIpc) is 2.28. The summed E-state index contributed by atoms with van der Waals surface area (Å²) >= 11 is 12.9. The van der Waals surface area contributed by atoms with Gasteiger partial charge in [0.2, 0.25) is 0 Å². The van der Waals surface area contributed by atoms with E-state index >= 15 is 0 Å². The first kappa shape index (κ1) is 15.7. The SMILES string of the molecule is CC(C)C(NC(=O)c1cc(Cl)ccc1I)C(N)=S. The Kier molecular flexibility index (Phi) is 5.81. The molecular formula is C12H14ClIN2OS. The largest absolute Gasteiger partial charge is 0.392 e. The minimum absolute atomic E-state index is 0.142. The molecule has 1 aromatic rings. The molecule has 0 heterocycles. The van der Waals surface area contributed by atoms with Crippen molar-refractivity contribution in [1.82, 2.24) is 5.32 Å². The molecule has 1 unspecified atom stereocenters. The second-order valence-electron chi connectivity index (χ2n) is 4.22. The molecule has 18 heavy (non-hydrogen) atoms. The normalized spacial score (nSPS) is 12.3. The van der Waals surface area contributed by atoms with Crippen LogP contribution in [0.15, 0.2) is 18.2 Å².